The van der Waals surface area contributed by atoms with E-state index in [2.05, 4.69) is 37.9 Å². The van der Waals surface area contributed by atoms with Crippen LogP contribution in [0, 0.1) is 0 Å². The number of morpholine rings is 1. The molecule has 0 bridgehead atoms. The van der Waals surface area contributed by atoms with Crippen molar-refractivity contribution < 1.29 is 9.53 Å². The lowest BCUT2D eigenvalue weighted by atomic mass is 10.2. The first-order chi connectivity index (χ1) is 12.7. The minimum atomic E-state index is -0.0453. The third-order valence-corrected chi connectivity index (χ3v) is 5.82. The summed E-state index contributed by atoms with van der Waals surface area (Å²) in [4.78, 5) is 14.5. The van der Waals surface area contributed by atoms with Crippen LogP contribution in [0.15, 0.2) is 28.6 Å². The van der Waals surface area contributed by atoms with Gasteiger partial charge in [-0.2, -0.15) is 0 Å². The molecule has 1 fully saturated rings. The number of aromatic nitrogens is 2. The molecular weight excluding hydrogens is 370 g/mol. The van der Waals surface area contributed by atoms with Gasteiger partial charge in [-0.05, 0) is 24.6 Å². The number of carbonyl (C=O) groups is 1. The second kappa shape index (κ2) is 9.86. The molecular formula is C17H23N5O2S2. The number of amides is 1. The van der Waals surface area contributed by atoms with Crippen LogP contribution in [-0.4, -0.2) is 59.6 Å². The van der Waals surface area contributed by atoms with Crippen molar-refractivity contribution in [3.05, 3.63) is 29.8 Å². The van der Waals surface area contributed by atoms with Gasteiger partial charge in [0.05, 0.1) is 19.0 Å². The van der Waals surface area contributed by atoms with Gasteiger partial charge in [-0.25, -0.2) is 0 Å². The van der Waals surface area contributed by atoms with Crippen molar-refractivity contribution >= 4 is 39.8 Å². The van der Waals surface area contributed by atoms with Crippen LogP contribution in [-0.2, 0) is 16.1 Å². The number of hydrogen-bond donors (Lipinski definition) is 2. The van der Waals surface area contributed by atoms with E-state index < -0.39 is 0 Å². The summed E-state index contributed by atoms with van der Waals surface area (Å²) >= 11 is 2.86. The van der Waals surface area contributed by atoms with Gasteiger partial charge in [0.2, 0.25) is 11.0 Å². The van der Waals surface area contributed by atoms with Crippen molar-refractivity contribution in [3.63, 3.8) is 0 Å². The Kier molecular flexibility index (Phi) is 7.24. The molecule has 26 heavy (non-hydrogen) atoms. The SMILES string of the molecule is CCNc1nnc(SCC(=O)Nc2ccc(CN3CCOCC3)cc2)s1. The summed E-state index contributed by atoms with van der Waals surface area (Å²) in [6, 6.07) is 8.02. The van der Waals surface area contributed by atoms with Gasteiger partial charge in [-0.15, -0.1) is 10.2 Å². The normalized spacial score (nSPS) is 15.0. The fraction of sp³-hybridized carbons (Fsp3) is 0.471. The van der Waals surface area contributed by atoms with Crippen molar-refractivity contribution in [1.82, 2.24) is 15.1 Å². The highest BCUT2D eigenvalue weighted by molar-refractivity contribution is 8.01. The largest absolute Gasteiger partial charge is 0.379 e. The Morgan fingerprint density at radius 1 is 1.27 bits per heavy atom. The average molecular weight is 394 g/mol. The topological polar surface area (TPSA) is 79.4 Å². The standard InChI is InChI=1S/C17H23N5O2S2/c1-2-18-16-20-21-17(26-16)25-12-15(23)19-14-5-3-13(4-6-14)11-22-7-9-24-10-8-22/h3-6H,2,7-12H2,1H3,(H,18,20)(H,19,23). The maximum absolute atomic E-state index is 12.1. The molecule has 9 heteroatoms. The second-order valence-corrected chi connectivity index (χ2v) is 8.03. The van der Waals surface area contributed by atoms with Gasteiger partial charge in [0, 0.05) is 31.9 Å². The number of carbonyl (C=O) groups excluding carboxylic acids is 1. The monoisotopic (exact) mass is 393 g/mol. The highest BCUT2D eigenvalue weighted by atomic mass is 32.2. The minimum Gasteiger partial charge on any atom is -0.379 e. The lowest BCUT2D eigenvalue weighted by Crippen LogP contribution is -2.35. The lowest BCUT2D eigenvalue weighted by molar-refractivity contribution is -0.113. The van der Waals surface area contributed by atoms with Crippen LogP contribution >= 0.6 is 23.1 Å². The number of anilines is 2. The van der Waals surface area contributed by atoms with E-state index in [0.717, 1.165) is 54.6 Å². The van der Waals surface area contributed by atoms with Gasteiger partial charge in [0.1, 0.15) is 0 Å². The summed E-state index contributed by atoms with van der Waals surface area (Å²) in [6.07, 6.45) is 0. The van der Waals surface area contributed by atoms with Gasteiger partial charge in [-0.1, -0.05) is 35.2 Å². The molecule has 140 valence electrons. The van der Waals surface area contributed by atoms with Crippen LogP contribution in [0.5, 0.6) is 0 Å². The predicted molar refractivity (Wildman–Crippen MR) is 106 cm³/mol. The third-order valence-electron chi connectivity index (χ3n) is 3.81. The van der Waals surface area contributed by atoms with E-state index in [-0.39, 0.29) is 5.91 Å². The Bertz CT molecular complexity index is 701. The number of benzene rings is 1. The van der Waals surface area contributed by atoms with Crippen LogP contribution in [0.25, 0.3) is 0 Å². The highest BCUT2D eigenvalue weighted by Gasteiger charge is 2.11. The number of hydrogen-bond acceptors (Lipinski definition) is 8. The Morgan fingerprint density at radius 3 is 2.77 bits per heavy atom. The maximum atomic E-state index is 12.1. The first kappa shape index (κ1) is 19.1. The van der Waals surface area contributed by atoms with Gasteiger partial charge in [0.15, 0.2) is 4.34 Å². The fourth-order valence-corrected chi connectivity index (χ4v) is 4.15. The molecule has 0 saturated carbocycles. The molecule has 0 radical (unpaired) electrons. The quantitative estimate of drug-likeness (QED) is 0.667. The summed E-state index contributed by atoms with van der Waals surface area (Å²) < 4.78 is 6.16. The van der Waals surface area contributed by atoms with Crippen molar-refractivity contribution in [3.8, 4) is 0 Å². The Balaban J connectivity index is 1.43. The van der Waals surface area contributed by atoms with Crippen molar-refractivity contribution in [1.29, 1.82) is 0 Å². The average Bonchev–Trinajstić information content (AvgIpc) is 3.10. The van der Waals surface area contributed by atoms with Crippen LogP contribution < -0.4 is 10.6 Å². The van der Waals surface area contributed by atoms with Gasteiger partial charge in [-0.3, -0.25) is 9.69 Å². The van der Waals surface area contributed by atoms with Crippen LogP contribution in [0.1, 0.15) is 12.5 Å². The van der Waals surface area contributed by atoms with Crippen molar-refractivity contribution in [2.75, 3.05) is 49.2 Å². The molecule has 0 spiro atoms. The molecule has 2 N–H and O–H groups in total. The second-order valence-electron chi connectivity index (χ2n) is 5.83. The highest BCUT2D eigenvalue weighted by Crippen LogP contribution is 2.25. The zero-order valence-corrected chi connectivity index (χ0v) is 16.4. The molecule has 1 aromatic carbocycles. The smallest absolute Gasteiger partial charge is 0.234 e. The van der Waals surface area contributed by atoms with Crippen LogP contribution in [0.3, 0.4) is 0 Å². The molecule has 1 aliphatic rings. The van der Waals surface area contributed by atoms with Crippen LogP contribution in [0.2, 0.25) is 0 Å². The van der Waals surface area contributed by atoms with E-state index >= 15 is 0 Å². The summed E-state index contributed by atoms with van der Waals surface area (Å²) in [6.45, 7) is 7.27. The predicted octanol–water partition coefficient (Wildman–Crippen LogP) is 2.53. The molecule has 1 saturated heterocycles. The zero-order chi connectivity index (χ0) is 18.2. The summed E-state index contributed by atoms with van der Waals surface area (Å²) in [7, 11) is 0. The molecule has 0 aliphatic carbocycles. The van der Waals surface area contributed by atoms with Gasteiger partial charge < -0.3 is 15.4 Å². The molecule has 1 aliphatic heterocycles. The fourth-order valence-electron chi connectivity index (χ4n) is 2.53. The Morgan fingerprint density at radius 2 is 2.04 bits per heavy atom. The molecule has 0 atom stereocenters. The van der Waals surface area contributed by atoms with Gasteiger partial charge >= 0.3 is 0 Å². The molecule has 3 rings (SSSR count). The maximum Gasteiger partial charge on any atom is 0.234 e. The van der Waals surface area contributed by atoms with E-state index in [1.165, 1.54) is 28.7 Å². The molecule has 2 heterocycles. The summed E-state index contributed by atoms with van der Waals surface area (Å²) in [5.74, 6) is 0.271. The molecule has 1 aromatic heterocycles. The van der Waals surface area contributed by atoms with E-state index in [1.807, 2.05) is 19.1 Å². The summed E-state index contributed by atoms with van der Waals surface area (Å²) in [5.41, 5.74) is 2.05. The summed E-state index contributed by atoms with van der Waals surface area (Å²) in [5, 5.41) is 14.9. The third kappa shape index (κ3) is 5.94. The number of nitrogens with zero attached hydrogens (tertiary/aromatic N) is 3. The zero-order valence-electron chi connectivity index (χ0n) is 14.7. The van der Waals surface area contributed by atoms with E-state index in [4.69, 9.17) is 4.74 Å². The van der Waals surface area contributed by atoms with Crippen molar-refractivity contribution in [2.45, 2.75) is 17.8 Å². The number of nitrogens with one attached hydrogen (secondary N) is 2. The van der Waals surface area contributed by atoms with Gasteiger partial charge in [0.25, 0.3) is 0 Å². The van der Waals surface area contributed by atoms with Crippen LogP contribution in [0.4, 0.5) is 10.8 Å². The Hall–Kier alpha value is -1.68. The lowest BCUT2D eigenvalue weighted by Gasteiger charge is -2.26. The Labute approximate surface area is 161 Å². The molecule has 7 nitrogen and oxygen atoms in total. The molecule has 2 aromatic rings. The first-order valence-electron chi connectivity index (χ1n) is 8.62. The number of thioether (sulfide) groups is 1. The molecule has 1 amide bonds. The van der Waals surface area contributed by atoms with E-state index in [9.17, 15) is 4.79 Å². The van der Waals surface area contributed by atoms with E-state index in [0.29, 0.717) is 5.75 Å². The minimum absolute atomic E-state index is 0.0453. The molecule has 0 unspecified atom stereocenters. The van der Waals surface area contributed by atoms with E-state index in [1.54, 1.807) is 0 Å². The number of rotatable bonds is 8. The first-order valence-corrected chi connectivity index (χ1v) is 10.4. The van der Waals surface area contributed by atoms with Crippen molar-refractivity contribution in [2.24, 2.45) is 0 Å². The number of ether oxygens (including phenoxy) is 1.